The van der Waals surface area contributed by atoms with E-state index in [9.17, 15) is 14.7 Å². The largest absolute Gasteiger partial charge is 0.396 e. The number of nitrogens with one attached hydrogen (secondary N) is 2. The Morgan fingerprint density at radius 2 is 1.80 bits per heavy atom. The van der Waals surface area contributed by atoms with E-state index >= 15 is 0 Å². The van der Waals surface area contributed by atoms with E-state index in [2.05, 4.69) is 10.3 Å². The van der Waals surface area contributed by atoms with Crippen molar-refractivity contribution in [2.45, 2.75) is 12.3 Å². The lowest BCUT2D eigenvalue weighted by atomic mass is 9.96. The molecule has 0 aliphatic rings. The second kappa shape index (κ2) is 7.77. The second-order valence-electron chi connectivity index (χ2n) is 5.93. The predicted octanol–water partition coefficient (Wildman–Crippen LogP) is 2.42. The van der Waals surface area contributed by atoms with Crippen LogP contribution in [0.4, 0.5) is 0 Å². The molecule has 0 bridgehead atoms. The molecule has 0 aliphatic carbocycles. The molecule has 25 heavy (non-hydrogen) atoms. The number of aliphatic hydroxyl groups is 1. The van der Waals surface area contributed by atoms with Gasteiger partial charge in [0.1, 0.15) is 5.69 Å². The molecule has 1 aromatic heterocycles. The third-order valence-electron chi connectivity index (χ3n) is 4.26. The minimum absolute atomic E-state index is 0.0160. The lowest BCUT2D eigenvalue weighted by molar-refractivity contribution is 0.0944. The third-order valence-corrected chi connectivity index (χ3v) is 4.26. The summed E-state index contributed by atoms with van der Waals surface area (Å²) in [5.41, 5.74) is 1.02. The van der Waals surface area contributed by atoms with Crippen molar-refractivity contribution in [1.82, 2.24) is 10.3 Å². The van der Waals surface area contributed by atoms with Gasteiger partial charge < -0.3 is 15.4 Å². The van der Waals surface area contributed by atoms with Gasteiger partial charge in [0.25, 0.3) is 11.5 Å². The van der Waals surface area contributed by atoms with Crippen LogP contribution in [-0.4, -0.2) is 29.1 Å². The first-order valence-electron chi connectivity index (χ1n) is 8.25. The first-order valence-corrected chi connectivity index (χ1v) is 8.25. The third kappa shape index (κ3) is 3.95. The van der Waals surface area contributed by atoms with Crippen molar-refractivity contribution in [2.24, 2.45) is 0 Å². The molecule has 0 spiro atoms. The Labute approximate surface area is 145 Å². The summed E-state index contributed by atoms with van der Waals surface area (Å²) >= 11 is 0. The van der Waals surface area contributed by atoms with E-state index in [-0.39, 0.29) is 29.7 Å². The normalized spacial score (nSPS) is 12.0. The molecule has 1 amide bonds. The van der Waals surface area contributed by atoms with E-state index in [0.29, 0.717) is 18.4 Å². The number of H-pyrrole nitrogens is 1. The van der Waals surface area contributed by atoms with Gasteiger partial charge in [0.05, 0.1) is 0 Å². The standard InChI is InChI=1S/C20H20N2O3/c23-11-10-16(14-6-2-1-3-7-14)13-21-20(25)18-12-15-8-4-5-9-17(15)19(24)22-18/h1-9,12,16,23H,10-11,13H2,(H,21,25)(H,22,24). The summed E-state index contributed by atoms with van der Waals surface area (Å²) in [6.07, 6.45) is 0.554. The van der Waals surface area contributed by atoms with E-state index in [1.165, 1.54) is 0 Å². The van der Waals surface area contributed by atoms with E-state index in [0.717, 1.165) is 10.9 Å². The van der Waals surface area contributed by atoms with Crippen LogP contribution in [0.2, 0.25) is 0 Å². The molecule has 0 saturated carbocycles. The van der Waals surface area contributed by atoms with Gasteiger partial charge in [-0.2, -0.15) is 0 Å². The van der Waals surface area contributed by atoms with Crippen molar-refractivity contribution in [3.63, 3.8) is 0 Å². The number of hydrogen-bond donors (Lipinski definition) is 3. The van der Waals surface area contributed by atoms with Crippen molar-refractivity contribution in [3.05, 3.63) is 82.3 Å². The van der Waals surface area contributed by atoms with Gasteiger partial charge in [0, 0.05) is 24.5 Å². The Kier molecular flexibility index (Phi) is 5.26. The van der Waals surface area contributed by atoms with Crippen LogP contribution in [0.3, 0.4) is 0 Å². The molecule has 1 heterocycles. The Morgan fingerprint density at radius 3 is 2.56 bits per heavy atom. The second-order valence-corrected chi connectivity index (χ2v) is 5.93. The van der Waals surface area contributed by atoms with Crippen LogP contribution in [0.5, 0.6) is 0 Å². The zero-order chi connectivity index (χ0) is 17.6. The van der Waals surface area contributed by atoms with Crippen molar-refractivity contribution in [3.8, 4) is 0 Å². The topological polar surface area (TPSA) is 82.2 Å². The number of aromatic amines is 1. The van der Waals surface area contributed by atoms with Crippen LogP contribution >= 0.6 is 0 Å². The SMILES string of the molecule is O=C(NCC(CCO)c1ccccc1)c1cc2ccccc2c(=O)[nH]1. The maximum atomic E-state index is 12.4. The fourth-order valence-electron chi connectivity index (χ4n) is 2.91. The molecule has 0 radical (unpaired) electrons. The summed E-state index contributed by atoms with van der Waals surface area (Å²) in [6.45, 7) is 0.431. The maximum Gasteiger partial charge on any atom is 0.267 e. The first-order chi connectivity index (χ1) is 12.2. The van der Waals surface area contributed by atoms with Gasteiger partial charge in [-0.25, -0.2) is 0 Å². The highest BCUT2D eigenvalue weighted by Gasteiger charge is 2.14. The average Bonchev–Trinajstić information content (AvgIpc) is 2.65. The molecule has 3 N–H and O–H groups in total. The van der Waals surface area contributed by atoms with Gasteiger partial charge in [-0.3, -0.25) is 9.59 Å². The van der Waals surface area contributed by atoms with Gasteiger partial charge in [-0.15, -0.1) is 0 Å². The van der Waals surface area contributed by atoms with Crippen LogP contribution in [0.25, 0.3) is 10.8 Å². The fourth-order valence-corrected chi connectivity index (χ4v) is 2.91. The number of pyridine rings is 1. The highest BCUT2D eigenvalue weighted by atomic mass is 16.3. The Hall–Kier alpha value is -2.92. The molecule has 5 nitrogen and oxygen atoms in total. The Bertz CT molecular complexity index is 919. The van der Waals surface area contributed by atoms with Gasteiger partial charge >= 0.3 is 0 Å². The molecule has 2 aromatic carbocycles. The minimum Gasteiger partial charge on any atom is -0.396 e. The number of benzene rings is 2. The number of carbonyl (C=O) groups is 1. The molecule has 5 heteroatoms. The number of amides is 1. The van der Waals surface area contributed by atoms with Gasteiger partial charge in [-0.1, -0.05) is 48.5 Å². The minimum atomic E-state index is -0.332. The van der Waals surface area contributed by atoms with Crippen molar-refractivity contribution in [2.75, 3.05) is 13.2 Å². The summed E-state index contributed by atoms with van der Waals surface area (Å²) < 4.78 is 0. The number of aromatic nitrogens is 1. The Balaban J connectivity index is 1.76. The van der Waals surface area contributed by atoms with Crippen LogP contribution in [0.15, 0.2) is 65.5 Å². The number of aliphatic hydroxyl groups excluding tert-OH is 1. The number of fused-ring (bicyclic) bond motifs is 1. The zero-order valence-corrected chi connectivity index (χ0v) is 13.7. The molecule has 0 fully saturated rings. The molecular weight excluding hydrogens is 316 g/mol. The van der Waals surface area contributed by atoms with Crippen molar-refractivity contribution >= 4 is 16.7 Å². The van der Waals surface area contributed by atoms with Crippen molar-refractivity contribution < 1.29 is 9.90 Å². The van der Waals surface area contributed by atoms with Crippen LogP contribution in [0, 0.1) is 0 Å². The van der Waals surface area contributed by atoms with E-state index < -0.39 is 0 Å². The quantitative estimate of drug-likeness (QED) is 0.646. The molecule has 3 rings (SSSR count). The van der Waals surface area contributed by atoms with Gasteiger partial charge in [0.15, 0.2) is 0 Å². The van der Waals surface area contributed by atoms with Crippen LogP contribution in [0.1, 0.15) is 28.4 Å². The lowest BCUT2D eigenvalue weighted by Gasteiger charge is -2.17. The Morgan fingerprint density at radius 1 is 1.08 bits per heavy atom. The van der Waals surface area contributed by atoms with E-state index in [1.54, 1.807) is 24.3 Å². The van der Waals surface area contributed by atoms with Crippen LogP contribution < -0.4 is 10.9 Å². The molecular formula is C20H20N2O3. The summed E-state index contributed by atoms with van der Waals surface area (Å²) in [5.74, 6) is -0.316. The van der Waals surface area contributed by atoms with Crippen molar-refractivity contribution in [1.29, 1.82) is 0 Å². The number of carbonyl (C=O) groups excluding carboxylic acids is 1. The smallest absolute Gasteiger partial charge is 0.267 e. The summed E-state index contributed by atoms with van der Waals surface area (Å²) in [6, 6.07) is 18.6. The average molecular weight is 336 g/mol. The summed E-state index contributed by atoms with van der Waals surface area (Å²) in [5, 5.41) is 13.4. The van der Waals surface area contributed by atoms with Gasteiger partial charge in [0.2, 0.25) is 0 Å². The van der Waals surface area contributed by atoms with E-state index in [1.807, 2.05) is 36.4 Å². The highest BCUT2D eigenvalue weighted by Crippen LogP contribution is 2.18. The molecule has 1 atom stereocenters. The number of rotatable bonds is 6. The molecule has 0 saturated heterocycles. The van der Waals surface area contributed by atoms with E-state index in [4.69, 9.17) is 0 Å². The summed E-state index contributed by atoms with van der Waals surface area (Å²) in [4.78, 5) is 27.2. The molecule has 3 aromatic rings. The molecule has 1 unspecified atom stereocenters. The zero-order valence-electron chi connectivity index (χ0n) is 13.7. The first kappa shape index (κ1) is 16.9. The fraction of sp³-hybridized carbons (Fsp3) is 0.200. The molecule has 0 aliphatic heterocycles. The predicted molar refractivity (Wildman–Crippen MR) is 97.8 cm³/mol. The number of hydrogen-bond acceptors (Lipinski definition) is 3. The van der Waals surface area contributed by atoms with Gasteiger partial charge in [-0.05, 0) is 29.5 Å². The molecule has 128 valence electrons. The highest BCUT2D eigenvalue weighted by molar-refractivity contribution is 5.96. The lowest BCUT2D eigenvalue weighted by Crippen LogP contribution is -2.30. The summed E-state index contributed by atoms with van der Waals surface area (Å²) in [7, 11) is 0. The maximum absolute atomic E-state index is 12.4. The monoisotopic (exact) mass is 336 g/mol. The van der Waals surface area contributed by atoms with Crippen LogP contribution in [-0.2, 0) is 0 Å².